The number of ether oxygens (including phenoxy) is 2. The molecular formula is C24H30FN3O4. The van der Waals surface area contributed by atoms with Gasteiger partial charge in [0.25, 0.3) is 0 Å². The monoisotopic (exact) mass is 443 g/mol. The first-order chi connectivity index (χ1) is 15.4. The van der Waals surface area contributed by atoms with Crippen LogP contribution in [-0.4, -0.2) is 57.1 Å². The maximum Gasteiger partial charge on any atom is 0.224 e. The van der Waals surface area contributed by atoms with Crippen LogP contribution in [0, 0.1) is 11.7 Å². The number of nitrogens with one attached hydrogen (secondary N) is 1. The minimum atomic E-state index is -0.258. The first-order valence-corrected chi connectivity index (χ1v) is 10.7. The molecule has 32 heavy (non-hydrogen) atoms. The Morgan fingerprint density at radius 1 is 1.00 bits per heavy atom. The Morgan fingerprint density at radius 3 is 2.31 bits per heavy atom. The van der Waals surface area contributed by atoms with E-state index in [4.69, 9.17) is 9.47 Å². The van der Waals surface area contributed by atoms with Crippen molar-refractivity contribution >= 4 is 23.2 Å². The summed E-state index contributed by atoms with van der Waals surface area (Å²) >= 11 is 0. The SMILES string of the molecule is COc1ccc(NC(=O)CC(C)CC(=O)N2CCN(c3ccc(F)cc3)CC2)c(OC)c1. The van der Waals surface area contributed by atoms with E-state index in [1.807, 2.05) is 11.8 Å². The summed E-state index contributed by atoms with van der Waals surface area (Å²) in [4.78, 5) is 29.1. The number of hydrogen-bond acceptors (Lipinski definition) is 5. The molecule has 2 aromatic carbocycles. The van der Waals surface area contributed by atoms with Gasteiger partial charge in [0.2, 0.25) is 11.8 Å². The van der Waals surface area contributed by atoms with Gasteiger partial charge < -0.3 is 24.6 Å². The Balaban J connectivity index is 1.45. The highest BCUT2D eigenvalue weighted by Crippen LogP contribution is 2.29. The van der Waals surface area contributed by atoms with E-state index in [1.165, 1.54) is 19.2 Å². The molecule has 172 valence electrons. The Labute approximate surface area is 188 Å². The maximum atomic E-state index is 13.1. The summed E-state index contributed by atoms with van der Waals surface area (Å²) in [6.07, 6.45) is 0.542. The third-order valence-corrected chi connectivity index (χ3v) is 5.56. The number of anilines is 2. The van der Waals surface area contributed by atoms with Crippen LogP contribution in [0.15, 0.2) is 42.5 Å². The van der Waals surface area contributed by atoms with Crippen molar-refractivity contribution in [2.75, 3.05) is 50.6 Å². The molecule has 0 bridgehead atoms. The lowest BCUT2D eigenvalue weighted by atomic mass is 10.0. The Bertz CT molecular complexity index is 927. The normalized spacial score (nSPS) is 14.6. The van der Waals surface area contributed by atoms with Crippen molar-refractivity contribution in [1.82, 2.24) is 4.90 Å². The molecule has 1 heterocycles. The average molecular weight is 444 g/mol. The predicted octanol–water partition coefficient (Wildman–Crippen LogP) is 3.55. The van der Waals surface area contributed by atoms with Crippen LogP contribution in [0.2, 0.25) is 0 Å². The fourth-order valence-electron chi connectivity index (χ4n) is 3.78. The number of amides is 2. The molecule has 3 rings (SSSR count). The van der Waals surface area contributed by atoms with Crippen molar-refractivity contribution in [2.24, 2.45) is 5.92 Å². The first kappa shape index (κ1) is 23.4. The topological polar surface area (TPSA) is 71.1 Å². The molecule has 2 aromatic rings. The summed E-state index contributed by atoms with van der Waals surface area (Å²) in [7, 11) is 3.09. The number of carbonyl (C=O) groups is 2. The number of nitrogens with zero attached hydrogens (tertiary/aromatic N) is 2. The quantitative estimate of drug-likeness (QED) is 0.676. The lowest BCUT2D eigenvalue weighted by Crippen LogP contribution is -2.49. The van der Waals surface area contributed by atoms with Crippen LogP contribution in [-0.2, 0) is 9.59 Å². The second-order valence-corrected chi connectivity index (χ2v) is 7.97. The molecular weight excluding hydrogens is 413 g/mol. The van der Waals surface area contributed by atoms with Crippen molar-refractivity contribution in [3.63, 3.8) is 0 Å². The zero-order valence-electron chi connectivity index (χ0n) is 18.8. The number of methoxy groups -OCH3 is 2. The van der Waals surface area contributed by atoms with Gasteiger partial charge in [-0.25, -0.2) is 4.39 Å². The number of benzene rings is 2. The fraction of sp³-hybridized carbons (Fsp3) is 0.417. The van der Waals surface area contributed by atoms with Gasteiger partial charge in [0.05, 0.1) is 19.9 Å². The molecule has 2 amide bonds. The van der Waals surface area contributed by atoms with Gasteiger partial charge in [-0.3, -0.25) is 9.59 Å². The van der Waals surface area contributed by atoms with Crippen molar-refractivity contribution in [3.05, 3.63) is 48.3 Å². The van der Waals surface area contributed by atoms with E-state index in [1.54, 1.807) is 37.4 Å². The fourth-order valence-corrected chi connectivity index (χ4v) is 3.78. The highest BCUT2D eigenvalue weighted by atomic mass is 19.1. The number of halogens is 1. The van der Waals surface area contributed by atoms with Gasteiger partial charge in [0.1, 0.15) is 17.3 Å². The number of hydrogen-bond donors (Lipinski definition) is 1. The van der Waals surface area contributed by atoms with Crippen molar-refractivity contribution < 1.29 is 23.5 Å². The van der Waals surface area contributed by atoms with E-state index in [-0.39, 0.29) is 30.0 Å². The smallest absolute Gasteiger partial charge is 0.224 e. The minimum absolute atomic E-state index is 0.0473. The zero-order chi connectivity index (χ0) is 23.1. The lowest BCUT2D eigenvalue weighted by molar-refractivity contribution is -0.132. The molecule has 8 heteroatoms. The molecule has 1 N–H and O–H groups in total. The van der Waals surface area contributed by atoms with Crippen molar-refractivity contribution in [1.29, 1.82) is 0 Å². The molecule has 1 fully saturated rings. The molecule has 1 saturated heterocycles. The van der Waals surface area contributed by atoms with Crippen molar-refractivity contribution in [2.45, 2.75) is 19.8 Å². The molecule has 0 saturated carbocycles. The predicted molar refractivity (Wildman–Crippen MR) is 122 cm³/mol. The van der Waals surface area contributed by atoms with E-state index >= 15 is 0 Å². The van der Waals surface area contributed by atoms with Crippen LogP contribution in [0.4, 0.5) is 15.8 Å². The van der Waals surface area contributed by atoms with E-state index in [0.717, 1.165) is 5.69 Å². The summed E-state index contributed by atoms with van der Waals surface area (Å²) in [5.41, 5.74) is 1.52. The second kappa shape index (κ2) is 10.8. The molecule has 7 nitrogen and oxygen atoms in total. The Kier molecular flexibility index (Phi) is 7.92. The minimum Gasteiger partial charge on any atom is -0.497 e. The summed E-state index contributed by atoms with van der Waals surface area (Å²) in [6, 6.07) is 11.6. The molecule has 1 aliphatic heterocycles. The van der Waals surface area contributed by atoms with Gasteiger partial charge in [0.15, 0.2) is 0 Å². The molecule has 0 aliphatic carbocycles. The van der Waals surface area contributed by atoms with Gasteiger partial charge in [0, 0.05) is 50.8 Å². The van der Waals surface area contributed by atoms with Gasteiger partial charge in [-0.05, 0) is 42.3 Å². The first-order valence-electron chi connectivity index (χ1n) is 10.7. The van der Waals surface area contributed by atoms with E-state index in [9.17, 15) is 14.0 Å². The highest BCUT2D eigenvalue weighted by Gasteiger charge is 2.23. The number of rotatable bonds is 8. The zero-order valence-corrected chi connectivity index (χ0v) is 18.8. The van der Waals surface area contributed by atoms with Crippen LogP contribution in [0.25, 0.3) is 0 Å². The van der Waals surface area contributed by atoms with Crippen molar-refractivity contribution in [3.8, 4) is 11.5 Å². The van der Waals surface area contributed by atoms with Gasteiger partial charge in [-0.2, -0.15) is 0 Å². The summed E-state index contributed by atoms with van der Waals surface area (Å²) in [6.45, 7) is 4.51. The second-order valence-electron chi connectivity index (χ2n) is 7.97. The lowest BCUT2D eigenvalue weighted by Gasteiger charge is -2.36. The van der Waals surface area contributed by atoms with Gasteiger partial charge in [-0.15, -0.1) is 0 Å². The third-order valence-electron chi connectivity index (χ3n) is 5.56. The molecule has 1 aliphatic rings. The Morgan fingerprint density at radius 2 is 1.69 bits per heavy atom. The molecule has 1 unspecified atom stereocenters. The van der Waals surface area contributed by atoms with Crippen LogP contribution in [0.1, 0.15) is 19.8 Å². The summed E-state index contributed by atoms with van der Waals surface area (Å²) in [5, 5.41) is 2.85. The largest absolute Gasteiger partial charge is 0.497 e. The summed E-state index contributed by atoms with van der Waals surface area (Å²) < 4.78 is 23.6. The van der Waals surface area contributed by atoms with Crippen LogP contribution in [0.3, 0.4) is 0 Å². The molecule has 1 atom stereocenters. The van der Waals surface area contributed by atoms with Crippen LogP contribution < -0.4 is 19.7 Å². The number of piperazine rings is 1. The molecule has 0 radical (unpaired) electrons. The standard InChI is InChI=1S/C24H30FN3O4/c1-17(14-23(29)26-21-9-8-20(31-2)16-22(21)32-3)15-24(30)28-12-10-27(11-13-28)19-6-4-18(25)5-7-19/h4-9,16-17H,10-15H2,1-3H3,(H,26,29). The number of carbonyl (C=O) groups excluding carboxylic acids is 2. The average Bonchev–Trinajstić information content (AvgIpc) is 2.79. The van der Waals surface area contributed by atoms with E-state index in [0.29, 0.717) is 49.8 Å². The van der Waals surface area contributed by atoms with Crippen LogP contribution in [0.5, 0.6) is 11.5 Å². The highest BCUT2D eigenvalue weighted by molar-refractivity contribution is 5.93. The molecule has 0 aromatic heterocycles. The third kappa shape index (κ3) is 6.12. The van der Waals surface area contributed by atoms with Crippen LogP contribution >= 0.6 is 0 Å². The van der Waals surface area contributed by atoms with E-state index < -0.39 is 0 Å². The van der Waals surface area contributed by atoms with Gasteiger partial charge >= 0.3 is 0 Å². The van der Waals surface area contributed by atoms with E-state index in [2.05, 4.69) is 10.2 Å². The van der Waals surface area contributed by atoms with Gasteiger partial charge in [-0.1, -0.05) is 6.92 Å². The maximum absolute atomic E-state index is 13.1. The molecule has 0 spiro atoms. The summed E-state index contributed by atoms with van der Waals surface area (Å²) in [5.74, 6) is 0.674. The Hall–Kier alpha value is -3.29.